The number of hydrogen-bond donors (Lipinski definition) is 4. The lowest BCUT2D eigenvalue weighted by molar-refractivity contribution is -0.141. The molecule has 0 saturated carbocycles. The minimum Gasteiger partial charge on any atom is -0.355 e. The molecule has 0 fully saturated rings. The summed E-state index contributed by atoms with van der Waals surface area (Å²) >= 11 is 9.01. The van der Waals surface area contributed by atoms with Gasteiger partial charge >= 0.3 is 6.18 Å². The Bertz CT molecular complexity index is 1330. The number of nitrogens with one attached hydrogen (secondary N) is 4. The Balaban J connectivity index is 2.03. The molecule has 8 nitrogen and oxygen atoms in total. The molecule has 0 unspecified atom stereocenters. The number of pyridine rings is 2. The highest BCUT2D eigenvalue weighted by molar-refractivity contribution is 9.18. The van der Waals surface area contributed by atoms with Gasteiger partial charge in [-0.3, -0.25) is 15.0 Å². The molecule has 13 heteroatoms. The number of allylic oxidation sites excluding steroid dienone is 1. The highest BCUT2D eigenvalue weighted by atomic mass is 79.9. The molecular formula is C21H15BrClF3N6O2. The first kappa shape index (κ1) is 25.1. The van der Waals surface area contributed by atoms with Gasteiger partial charge in [0, 0.05) is 18.6 Å². The second-order valence-electron chi connectivity index (χ2n) is 6.68. The van der Waals surface area contributed by atoms with Gasteiger partial charge in [0.15, 0.2) is 0 Å². The number of aromatic nitrogens is 2. The van der Waals surface area contributed by atoms with E-state index in [4.69, 9.17) is 17.0 Å². The van der Waals surface area contributed by atoms with Crippen molar-refractivity contribution in [3.63, 3.8) is 0 Å². The molecule has 3 rings (SSSR count). The minimum absolute atomic E-state index is 0.0133. The van der Waals surface area contributed by atoms with Crippen molar-refractivity contribution in [3.05, 3.63) is 70.6 Å². The lowest BCUT2D eigenvalue weighted by atomic mass is 10.1. The van der Waals surface area contributed by atoms with Crippen LogP contribution in [0.3, 0.4) is 0 Å². The number of halogens is 5. The maximum absolute atomic E-state index is 13.0. The summed E-state index contributed by atoms with van der Waals surface area (Å²) in [5, 5.41) is 15.7. The summed E-state index contributed by atoms with van der Waals surface area (Å²) in [6.07, 6.45) is -2.07. The number of amides is 2. The fourth-order valence-electron chi connectivity index (χ4n) is 2.83. The molecule has 0 aliphatic carbocycles. The fourth-order valence-corrected chi connectivity index (χ4v) is 3.23. The van der Waals surface area contributed by atoms with Crippen molar-refractivity contribution in [1.29, 1.82) is 5.41 Å². The molecule has 3 aromatic rings. The Morgan fingerprint density at radius 2 is 1.91 bits per heavy atom. The molecule has 0 saturated heterocycles. The summed E-state index contributed by atoms with van der Waals surface area (Å²) in [6, 6.07) is 7.60. The highest BCUT2D eigenvalue weighted by Gasteiger charge is 2.32. The monoisotopic (exact) mass is 554 g/mol. The standard InChI is InChI=1S/C21H15BrClF3N6O2/c1-28-19(33)11-8-13-10(4-5-16(30-13)21(24,25)26)7-14(11)32-20(34)15(9-17(22)27)31-18-12(23)3-2-6-29-18/h2-9,27H,1H3,(H,28,33)(H,29,31)(H,32,34)/b15-9-,27-17?. The maximum Gasteiger partial charge on any atom is 0.433 e. The number of nitrogens with zero attached hydrogens (tertiary/aromatic N) is 2. The largest absolute Gasteiger partial charge is 0.433 e. The average Bonchev–Trinajstić information content (AvgIpc) is 2.77. The fraction of sp³-hybridized carbons (Fsp3) is 0.0952. The van der Waals surface area contributed by atoms with Crippen LogP contribution in [0.15, 0.2) is 54.4 Å². The van der Waals surface area contributed by atoms with Gasteiger partial charge < -0.3 is 16.0 Å². The van der Waals surface area contributed by atoms with E-state index in [1.165, 1.54) is 25.4 Å². The molecule has 2 heterocycles. The van der Waals surface area contributed by atoms with Crippen LogP contribution in [0.4, 0.5) is 24.7 Å². The first-order valence-corrected chi connectivity index (χ1v) is 10.6. The molecule has 2 amide bonds. The van der Waals surface area contributed by atoms with Gasteiger partial charge in [0.05, 0.1) is 26.4 Å². The van der Waals surface area contributed by atoms with Crippen LogP contribution in [0.25, 0.3) is 10.9 Å². The van der Waals surface area contributed by atoms with Gasteiger partial charge in [0.25, 0.3) is 11.8 Å². The third kappa shape index (κ3) is 5.88. The summed E-state index contributed by atoms with van der Waals surface area (Å²) in [7, 11) is 1.33. The van der Waals surface area contributed by atoms with E-state index >= 15 is 0 Å². The smallest absolute Gasteiger partial charge is 0.355 e. The van der Waals surface area contributed by atoms with Gasteiger partial charge in [-0.15, -0.1) is 0 Å². The molecule has 0 radical (unpaired) electrons. The molecule has 34 heavy (non-hydrogen) atoms. The van der Waals surface area contributed by atoms with E-state index < -0.39 is 23.7 Å². The molecule has 0 aliphatic heterocycles. The number of alkyl halides is 3. The van der Waals surface area contributed by atoms with E-state index in [2.05, 4.69) is 41.8 Å². The third-order valence-electron chi connectivity index (χ3n) is 4.37. The molecular weight excluding hydrogens is 541 g/mol. The van der Waals surface area contributed by atoms with Crippen molar-refractivity contribution < 1.29 is 22.8 Å². The Labute approximate surface area is 204 Å². The molecule has 4 N–H and O–H groups in total. The van der Waals surface area contributed by atoms with E-state index in [0.717, 1.165) is 18.2 Å². The van der Waals surface area contributed by atoms with Crippen LogP contribution < -0.4 is 16.0 Å². The van der Waals surface area contributed by atoms with Crippen LogP contribution in [0, 0.1) is 5.41 Å². The zero-order valence-electron chi connectivity index (χ0n) is 17.2. The van der Waals surface area contributed by atoms with E-state index in [-0.39, 0.29) is 43.3 Å². The van der Waals surface area contributed by atoms with Crippen LogP contribution in [-0.2, 0) is 11.0 Å². The van der Waals surface area contributed by atoms with Crippen LogP contribution in [0.2, 0.25) is 5.02 Å². The van der Waals surface area contributed by atoms with Crippen LogP contribution >= 0.6 is 27.5 Å². The van der Waals surface area contributed by atoms with Gasteiger partial charge in [0.2, 0.25) is 0 Å². The zero-order valence-corrected chi connectivity index (χ0v) is 19.6. The normalized spacial score (nSPS) is 11.8. The van der Waals surface area contributed by atoms with Crippen molar-refractivity contribution in [2.75, 3.05) is 17.7 Å². The summed E-state index contributed by atoms with van der Waals surface area (Å²) in [4.78, 5) is 33.0. The quantitative estimate of drug-likeness (QED) is 0.253. The second kappa shape index (κ2) is 10.2. The summed E-state index contributed by atoms with van der Waals surface area (Å²) in [5.41, 5.74) is -1.44. The average molecular weight is 556 g/mol. The van der Waals surface area contributed by atoms with E-state index in [1.807, 2.05) is 0 Å². The molecule has 1 aromatic carbocycles. The lowest BCUT2D eigenvalue weighted by Gasteiger charge is -2.15. The first-order chi connectivity index (χ1) is 16.0. The maximum atomic E-state index is 13.0. The van der Waals surface area contributed by atoms with Gasteiger partial charge in [-0.05, 0) is 52.3 Å². The molecule has 176 valence electrons. The summed E-state index contributed by atoms with van der Waals surface area (Å²) in [6.45, 7) is 0. The number of carbonyl (C=O) groups excluding carboxylic acids is 2. The number of hydrogen-bond acceptors (Lipinski definition) is 6. The minimum atomic E-state index is -4.66. The van der Waals surface area contributed by atoms with Gasteiger partial charge in [0.1, 0.15) is 17.2 Å². The highest BCUT2D eigenvalue weighted by Crippen LogP contribution is 2.31. The third-order valence-corrected chi connectivity index (χ3v) is 4.90. The Morgan fingerprint density at radius 3 is 2.53 bits per heavy atom. The van der Waals surface area contributed by atoms with Crippen molar-refractivity contribution in [2.24, 2.45) is 0 Å². The number of anilines is 2. The summed E-state index contributed by atoms with van der Waals surface area (Å²) in [5.74, 6) is -1.28. The van der Waals surface area contributed by atoms with Gasteiger partial charge in [-0.2, -0.15) is 13.2 Å². The molecule has 0 spiro atoms. The number of rotatable bonds is 6. The Kier molecular flexibility index (Phi) is 7.52. The van der Waals surface area contributed by atoms with Crippen LogP contribution in [-0.4, -0.2) is 33.5 Å². The molecule has 2 aromatic heterocycles. The van der Waals surface area contributed by atoms with Crippen molar-refractivity contribution >= 4 is 66.4 Å². The van der Waals surface area contributed by atoms with E-state index in [0.29, 0.717) is 0 Å². The summed E-state index contributed by atoms with van der Waals surface area (Å²) < 4.78 is 39.0. The van der Waals surface area contributed by atoms with Crippen LogP contribution in [0.1, 0.15) is 16.1 Å². The first-order valence-electron chi connectivity index (χ1n) is 9.38. The van der Waals surface area contributed by atoms with Gasteiger partial charge in [-0.1, -0.05) is 17.7 Å². The van der Waals surface area contributed by atoms with Crippen molar-refractivity contribution in [1.82, 2.24) is 15.3 Å². The van der Waals surface area contributed by atoms with E-state index in [1.54, 1.807) is 12.1 Å². The van der Waals surface area contributed by atoms with Crippen molar-refractivity contribution in [2.45, 2.75) is 6.18 Å². The predicted molar refractivity (Wildman–Crippen MR) is 126 cm³/mol. The van der Waals surface area contributed by atoms with Gasteiger partial charge in [-0.25, -0.2) is 9.97 Å². The molecule has 0 bridgehead atoms. The van der Waals surface area contributed by atoms with E-state index in [9.17, 15) is 22.8 Å². The van der Waals surface area contributed by atoms with Crippen LogP contribution in [0.5, 0.6) is 0 Å². The topological polar surface area (TPSA) is 120 Å². The number of benzene rings is 1. The number of carbonyl (C=O) groups is 2. The molecule has 0 aliphatic rings. The van der Waals surface area contributed by atoms with Crippen molar-refractivity contribution in [3.8, 4) is 0 Å². The Hall–Kier alpha value is -3.51. The number of fused-ring (bicyclic) bond motifs is 1. The SMILES string of the molecule is CNC(=O)c1cc2nc(C(F)(F)F)ccc2cc1NC(=O)/C(=C/C(=N)Br)Nc1ncccc1Cl. The Morgan fingerprint density at radius 1 is 1.18 bits per heavy atom. The zero-order chi connectivity index (χ0) is 25.0. The second-order valence-corrected chi connectivity index (χ2v) is 7.94. The lowest BCUT2D eigenvalue weighted by Crippen LogP contribution is -2.24. The predicted octanol–water partition coefficient (Wildman–Crippen LogP) is 4.97. The molecule has 0 atom stereocenters.